The fourth-order valence-electron chi connectivity index (χ4n) is 2.48. The molecule has 6 nitrogen and oxygen atoms in total. The minimum Gasteiger partial charge on any atom is -0.380 e. The lowest BCUT2D eigenvalue weighted by Gasteiger charge is -2.28. The zero-order chi connectivity index (χ0) is 14.7. The molecule has 2 rings (SSSR count). The monoisotopic (exact) mass is 281 g/mol. The highest BCUT2D eigenvalue weighted by molar-refractivity contribution is 5.76. The number of nitro benzene ring substituents is 1. The molecule has 0 saturated heterocycles. The number of carbonyl (C=O) groups excluding carboxylic acids is 1. The summed E-state index contributed by atoms with van der Waals surface area (Å²) in [7, 11) is 0. The number of benzene rings is 1. The van der Waals surface area contributed by atoms with Crippen LogP contribution in [0.1, 0.15) is 25.7 Å². The van der Waals surface area contributed by atoms with Gasteiger partial charge in [-0.2, -0.15) is 0 Å². The van der Waals surface area contributed by atoms with E-state index < -0.39 is 10.7 Å². The Balaban J connectivity index is 1.98. The number of amides is 1. The number of rotatable bonds is 4. The molecule has 108 valence electrons. The second kappa shape index (κ2) is 5.85. The van der Waals surface area contributed by atoms with Crippen LogP contribution in [0.5, 0.6) is 0 Å². The molecule has 0 aliphatic heterocycles. The highest BCUT2D eigenvalue weighted by Gasteiger charge is 2.25. The first-order chi connectivity index (χ1) is 9.47. The van der Waals surface area contributed by atoms with Crippen molar-refractivity contribution in [2.24, 2.45) is 11.7 Å². The minimum atomic E-state index is -0.642. The van der Waals surface area contributed by atoms with Gasteiger partial charge in [-0.1, -0.05) is 0 Å². The van der Waals surface area contributed by atoms with E-state index in [0.717, 1.165) is 18.9 Å². The van der Waals surface area contributed by atoms with Crippen molar-refractivity contribution in [3.05, 3.63) is 34.1 Å². The van der Waals surface area contributed by atoms with E-state index in [4.69, 9.17) is 5.73 Å². The van der Waals surface area contributed by atoms with Crippen molar-refractivity contribution in [1.82, 2.24) is 0 Å². The van der Waals surface area contributed by atoms with Gasteiger partial charge in [0, 0.05) is 18.0 Å². The number of nitro groups is 1. The van der Waals surface area contributed by atoms with Crippen LogP contribution in [0.25, 0.3) is 0 Å². The molecule has 20 heavy (non-hydrogen) atoms. The summed E-state index contributed by atoms with van der Waals surface area (Å²) < 4.78 is 13.7. The number of halogens is 1. The smallest absolute Gasteiger partial charge is 0.272 e. The lowest BCUT2D eigenvalue weighted by molar-refractivity contribution is -0.385. The van der Waals surface area contributed by atoms with Crippen LogP contribution in [0.15, 0.2) is 18.2 Å². The third-order valence-electron chi connectivity index (χ3n) is 3.65. The summed E-state index contributed by atoms with van der Waals surface area (Å²) in [4.78, 5) is 20.9. The molecule has 1 aromatic rings. The maximum atomic E-state index is 13.7. The maximum absolute atomic E-state index is 13.7. The van der Waals surface area contributed by atoms with Crippen molar-refractivity contribution >= 4 is 17.3 Å². The van der Waals surface area contributed by atoms with Crippen LogP contribution in [0.2, 0.25) is 0 Å². The molecule has 1 aliphatic carbocycles. The molecule has 3 N–H and O–H groups in total. The van der Waals surface area contributed by atoms with E-state index in [1.807, 2.05) is 0 Å². The molecule has 1 fully saturated rings. The Morgan fingerprint density at radius 3 is 2.50 bits per heavy atom. The molecule has 1 amide bonds. The second-order valence-corrected chi connectivity index (χ2v) is 5.02. The van der Waals surface area contributed by atoms with Gasteiger partial charge in [-0.3, -0.25) is 14.9 Å². The Bertz CT molecular complexity index is 528. The number of non-ortho nitro benzene ring substituents is 1. The van der Waals surface area contributed by atoms with Crippen LogP contribution in [0.3, 0.4) is 0 Å². The number of nitrogens with two attached hydrogens (primary N) is 1. The number of anilines is 1. The van der Waals surface area contributed by atoms with E-state index in [9.17, 15) is 19.3 Å². The van der Waals surface area contributed by atoms with Gasteiger partial charge in [0.1, 0.15) is 0 Å². The van der Waals surface area contributed by atoms with Gasteiger partial charge in [0.15, 0.2) is 5.82 Å². The van der Waals surface area contributed by atoms with Crippen molar-refractivity contribution in [2.45, 2.75) is 31.7 Å². The van der Waals surface area contributed by atoms with Crippen LogP contribution in [0.4, 0.5) is 15.8 Å². The summed E-state index contributed by atoms with van der Waals surface area (Å²) in [6, 6.07) is 3.59. The van der Waals surface area contributed by atoms with Crippen LogP contribution in [-0.2, 0) is 4.79 Å². The number of nitrogens with one attached hydrogen (secondary N) is 1. The van der Waals surface area contributed by atoms with Gasteiger partial charge in [0.2, 0.25) is 5.91 Å². The zero-order valence-corrected chi connectivity index (χ0v) is 10.8. The van der Waals surface area contributed by atoms with E-state index >= 15 is 0 Å². The molecule has 0 unspecified atom stereocenters. The number of primary amides is 1. The minimum absolute atomic E-state index is 0.0570. The molecule has 0 heterocycles. The van der Waals surface area contributed by atoms with E-state index in [2.05, 4.69) is 5.32 Å². The van der Waals surface area contributed by atoms with Crippen LogP contribution in [0, 0.1) is 21.8 Å². The van der Waals surface area contributed by atoms with E-state index in [1.54, 1.807) is 0 Å². The first-order valence-corrected chi connectivity index (χ1v) is 6.47. The highest BCUT2D eigenvalue weighted by atomic mass is 19.1. The Labute approximate surface area is 115 Å². The Kier molecular flexibility index (Phi) is 4.16. The number of carbonyl (C=O) groups is 1. The summed E-state index contributed by atoms with van der Waals surface area (Å²) in [6.07, 6.45) is 2.82. The quantitative estimate of drug-likeness (QED) is 0.652. The molecule has 1 aromatic carbocycles. The molecular formula is C13H16FN3O3. The van der Waals surface area contributed by atoms with E-state index in [1.165, 1.54) is 12.1 Å². The van der Waals surface area contributed by atoms with Crippen molar-refractivity contribution < 1.29 is 14.1 Å². The topological polar surface area (TPSA) is 98.3 Å². The average molecular weight is 281 g/mol. The maximum Gasteiger partial charge on any atom is 0.272 e. The first kappa shape index (κ1) is 14.2. The largest absolute Gasteiger partial charge is 0.380 e. The SMILES string of the molecule is NC(=O)C1CCC(Nc2ccc([N+](=O)[O-])cc2F)CC1. The normalized spacial score (nSPS) is 22.2. The molecular weight excluding hydrogens is 265 g/mol. The standard InChI is InChI=1S/C13H16FN3O3/c14-11-7-10(17(19)20)5-6-12(11)16-9-3-1-8(2-4-9)13(15)18/h5-9,16H,1-4H2,(H2,15,18). The van der Waals surface area contributed by atoms with Gasteiger partial charge >= 0.3 is 0 Å². The fraction of sp³-hybridized carbons (Fsp3) is 0.462. The lowest BCUT2D eigenvalue weighted by Crippen LogP contribution is -2.32. The predicted octanol–water partition coefficient (Wildman–Crippen LogP) is 2.19. The Hall–Kier alpha value is -2.18. The Morgan fingerprint density at radius 1 is 1.35 bits per heavy atom. The lowest BCUT2D eigenvalue weighted by atomic mass is 9.85. The van der Waals surface area contributed by atoms with Gasteiger partial charge < -0.3 is 11.1 Å². The van der Waals surface area contributed by atoms with Crippen molar-refractivity contribution in [3.8, 4) is 0 Å². The average Bonchev–Trinajstić information content (AvgIpc) is 2.41. The summed E-state index contributed by atoms with van der Waals surface area (Å²) in [6.45, 7) is 0. The molecule has 1 saturated carbocycles. The molecule has 0 radical (unpaired) electrons. The number of hydrogen-bond acceptors (Lipinski definition) is 4. The zero-order valence-electron chi connectivity index (χ0n) is 10.8. The van der Waals surface area contributed by atoms with Crippen molar-refractivity contribution in [1.29, 1.82) is 0 Å². The number of nitrogens with zero attached hydrogens (tertiary/aromatic N) is 1. The van der Waals surface area contributed by atoms with Crippen LogP contribution >= 0.6 is 0 Å². The van der Waals surface area contributed by atoms with Crippen molar-refractivity contribution in [3.63, 3.8) is 0 Å². The third kappa shape index (κ3) is 3.23. The molecule has 1 aliphatic rings. The van der Waals surface area contributed by atoms with Gasteiger partial charge in [0.05, 0.1) is 16.7 Å². The van der Waals surface area contributed by atoms with E-state index in [0.29, 0.717) is 12.8 Å². The van der Waals surface area contributed by atoms with Gasteiger partial charge in [-0.15, -0.1) is 0 Å². The molecule has 0 bridgehead atoms. The number of hydrogen-bond donors (Lipinski definition) is 2. The predicted molar refractivity (Wildman–Crippen MR) is 71.6 cm³/mol. The first-order valence-electron chi connectivity index (χ1n) is 6.47. The summed E-state index contributed by atoms with van der Waals surface area (Å²) in [5.41, 5.74) is 5.23. The molecule has 0 spiro atoms. The van der Waals surface area contributed by atoms with Gasteiger partial charge in [0.25, 0.3) is 5.69 Å². The summed E-state index contributed by atoms with van der Waals surface area (Å²) >= 11 is 0. The summed E-state index contributed by atoms with van der Waals surface area (Å²) in [5, 5.41) is 13.6. The highest BCUT2D eigenvalue weighted by Crippen LogP contribution is 2.28. The van der Waals surface area contributed by atoms with Gasteiger partial charge in [-0.05, 0) is 31.7 Å². The van der Waals surface area contributed by atoms with E-state index in [-0.39, 0.29) is 29.2 Å². The molecule has 0 aromatic heterocycles. The molecule has 7 heteroatoms. The van der Waals surface area contributed by atoms with Crippen LogP contribution < -0.4 is 11.1 Å². The fourth-order valence-corrected chi connectivity index (χ4v) is 2.48. The van der Waals surface area contributed by atoms with Gasteiger partial charge in [-0.25, -0.2) is 4.39 Å². The molecule has 0 atom stereocenters. The third-order valence-corrected chi connectivity index (χ3v) is 3.65. The Morgan fingerprint density at radius 2 is 2.00 bits per heavy atom. The second-order valence-electron chi connectivity index (χ2n) is 5.02. The van der Waals surface area contributed by atoms with Crippen molar-refractivity contribution in [2.75, 3.05) is 5.32 Å². The summed E-state index contributed by atoms with van der Waals surface area (Å²) in [5.74, 6) is -1.03. The van der Waals surface area contributed by atoms with Crippen LogP contribution in [-0.4, -0.2) is 16.9 Å².